The molecule has 0 saturated heterocycles. The second kappa shape index (κ2) is 10.3. The first-order valence-electron chi connectivity index (χ1n) is 9.43. The van der Waals surface area contributed by atoms with Crippen molar-refractivity contribution in [3.05, 3.63) is 59.2 Å². The third-order valence-electron chi connectivity index (χ3n) is 5.13. The molecule has 28 heavy (non-hydrogen) atoms. The number of nitrogens with one attached hydrogen (secondary N) is 1. The highest BCUT2D eigenvalue weighted by Gasteiger charge is 2.32. The Hall–Kier alpha value is -2.24. The standard InChI is InChI=1S/C22H28N2O3.ClH/c1-23-12-7-10-21(25)24-13-11-17-14-19(26-2)20(27-3)15-18(17)22(24)16-8-5-4-6-9-16;/h4-6,8-9,14-15,22-23H,7,10-13H2,1-3H3;1H. The molecule has 1 aliphatic rings. The first kappa shape index (κ1) is 22.1. The van der Waals surface area contributed by atoms with Crippen LogP contribution in [0.1, 0.15) is 35.6 Å². The molecule has 1 atom stereocenters. The van der Waals surface area contributed by atoms with E-state index in [1.807, 2.05) is 42.3 Å². The molecule has 0 saturated carbocycles. The van der Waals surface area contributed by atoms with Gasteiger partial charge < -0.3 is 19.7 Å². The Morgan fingerprint density at radius 1 is 1.14 bits per heavy atom. The quantitative estimate of drug-likeness (QED) is 0.716. The van der Waals surface area contributed by atoms with Gasteiger partial charge in [0.15, 0.2) is 11.5 Å². The van der Waals surface area contributed by atoms with Gasteiger partial charge in [-0.3, -0.25) is 4.79 Å². The number of hydrogen-bond acceptors (Lipinski definition) is 4. The zero-order valence-corrected chi connectivity index (χ0v) is 17.6. The number of methoxy groups -OCH3 is 2. The van der Waals surface area contributed by atoms with Crippen LogP contribution in [0.2, 0.25) is 0 Å². The van der Waals surface area contributed by atoms with E-state index in [2.05, 4.69) is 17.4 Å². The minimum Gasteiger partial charge on any atom is -0.493 e. The number of benzene rings is 2. The molecule has 0 bridgehead atoms. The number of carbonyl (C=O) groups is 1. The van der Waals surface area contributed by atoms with Crippen LogP contribution in [0.5, 0.6) is 11.5 Å². The Balaban J connectivity index is 0.00000280. The summed E-state index contributed by atoms with van der Waals surface area (Å²) in [4.78, 5) is 15.0. The Labute approximate surface area is 173 Å². The van der Waals surface area contributed by atoms with E-state index in [4.69, 9.17) is 9.47 Å². The van der Waals surface area contributed by atoms with Gasteiger partial charge in [-0.25, -0.2) is 0 Å². The summed E-state index contributed by atoms with van der Waals surface area (Å²) < 4.78 is 11.0. The number of hydrogen-bond donors (Lipinski definition) is 1. The van der Waals surface area contributed by atoms with E-state index in [1.54, 1.807) is 14.2 Å². The Bertz CT molecular complexity index is 783. The van der Waals surface area contributed by atoms with Crippen LogP contribution in [-0.4, -0.2) is 45.2 Å². The highest BCUT2D eigenvalue weighted by molar-refractivity contribution is 5.85. The van der Waals surface area contributed by atoms with Crippen LogP contribution in [0.15, 0.2) is 42.5 Å². The first-order valence-corrected chi connectivity index (χ1v) is 9.43. The van der Waals surface area contributed by atoms with Gasteiger partial charge in [0.05, 0.1) is 20.3 Å². The average Bonchev–Trinajstić information content (AvgIpc) is 2.72. The van der Waals surface area contributed by atoms with Gasteiger partial charge in [-0.1, -0.05) is 30.3 Å². The Kier molecular flexibility index (Phi) is 8.15. The van der Waals surface area contributed by atoms with Crippen molar-refractivity contribution in [1.82, 2.24) is 10.2 Å². The molecule has 5 nitrogen and oxygen atoms in total. The molecule has 0 aromatic heterocycles. The van der Waals surface area contributed by atoms with Gasteiger partial charge in [-0.05, 0) is 55.3 Å². The molecule has 2 aromatic carbocycles. The van der Waals surface area contributed by atoms with E-state index in [0.717, 1.165) is 36.3 Å². The van der Waals surface area contributed by atoms with Crippen molar-refractivity contribution in [3.63, 3.8) is 0 Å². The van der Waals surface area contributed by atoms with Crippen molar-refractivity contribution in [2.24, 2.45) is 0 Å². The maximum Gasteiger partial charge on any atom is 0.223 e. The Morgan fingerprint density at radius 2 is 1.82 bits per heavy atom. The highest BCUT2D eigenvalue weighted by atomic mass is 35.5. The average molecular weight is 405 g/mol. The summed E-state index contributed by atoms with van der Waals surface area (Å²) in [5, 5.41) is 3.11. The van der Waals surface area contributed by atoms with Crippen LogP contribution in [0.4, 0.5) is 0 Å². The molecule has 1 aliphatic heterocycles. The van der Waals surface area contributed by atoms with Crippen molar-refractivity contribution >= 4 is 18.3 Å². The van der Waals surface area contributed by atoms with Crippen LogP contribution < -0.4 is 14.8 Å². The molecule has 0 radical (unpaired) electrons. The summed E-state index contributed by atoms with van der Waals surface area (Å²) in [5.74, 6) is 1.62. The van der Waals surface area contributed by atoms with Gasteiger partial charge in [0.2, 0.25) is 5.91 Å². The zero-order valence-electron chi connectivity index (χ0n) is 16.7. The fraction of sp³-hybridized carbons (Fsp3) is 0.409. The van der Waals surface area contributed by atoms with Crippen molar-refractivity contribution in [3.8, 4) is 11.5 Å². The topological polar surface area (TPSA) is 50.8 Å². The van der Waals surface area contributed by atoms with E-state index < -0.39 is 0 Å². The lowest BCUT2D eigenvalue weighted by atomic mass is 9.87. The molecule has 1 amide bonds. The van der Waals surface area contributed by atoms with Crippen LogP contribution in [0.25, 0.3) is 0 Å². The number of amides is 1. The molecule has 1 N–H and O–H groups in total. The number of carbonyl (C=O) groups excluding carboxylic acids is 1. The van der Waals surface area contributed by atoms with Gasteiger partial charge in [0.1, 0.15) is 0 Å². The van der Waals surface area contributed by atoms with Gasteiger partial charge in [-0.2, -0.15) is 0 Å². The third kappa shape index (κ3) is 4.59. The van der Waals surface area contributed by atoms with Crippen molar-refractivity contribution < 1.29 is 14.3 Å². The monoisotopic (exact) mass is 404 g/mol. The molecule has 6 heteroatoms. The van der Waals surface area contributed by atoms with Gasteiger partial charge >= 0.3 is 0 Å². The molecule has 2 aromatic rings. The summed E-state index contributed by atoms with van der Waals surface area (Å²) in [6.45, 7) is 1.55. The van der Waals surface area contributed by atoms with E-state index in [0.29, 0.717) is 18.7 Å². The lowest BCUT2D eigenvalue weighted by Crippen LogP contribution is -2.40. The highest BCUT2D eigenvalue weighted by Crippen LogP contribution is 2.41. The van der Waals surface area contributed by atoms with Crippen LogP contribution in [0.3, 0.4) is 0 Å². The molecule has 152 valence electrons. The lowest BCUT2D eigenvalue weighted by molar-refractivity contribution is -0.133. The van der Waals surface area contributed by atoms with E-state index in [1.165, 1.54) is 5.56 Å². The van der Waals surface area contributed by atoms with Crippen LogP contribution in [0, 0.1) is 0 Å². The summed E-state index contributed by atoms with van der Waals surface area (Å²) in [5.41, 5.74) is 3.44. The largest absolute Gasteiger partial charge is 0.493 e. The summed E-state index contributed by atoms with van der Waals surface area (Å²) >= 11 is 0. The predicted molar refractivity (Wildman–Crippen MR) is 114 cm³/mol. The second-order valence-corrected chi connectivity index (χ2v) is 6.76. The number of ether oxygens (including phenoxy) is 2. The first-order chi connectivity index (χ1) is 13.2. The smallest absolute Gasteiger partial charge is 0.223 e. The van der Waals surface area contributed by atoms with E-state index >= 15 is 0 Å². The molecular weight excluding hydrogens is 376 g/mol. The lowest BCUT2D eigenvalue weighted by Gasteiger charge is -2.38. The van der Waals surface area contributed by atoms with Gasteiger partial charge in [-0.15, -0.1) is 12.4 Å². The van der Waals surface area contributed by atoms with E-state index in [9.17, 15) is 4.79 Å². The summed E-state index contributed by atoms with van der Waals surface area (Å²) in [7, 11) is 5.21. The second-order valence-electron chi connectivity index (χ2n) is 6.76. The molecule has 0 spiro atoms. The number of rotatable bonds is 7. The molecule has 3 rings (SSSR count). The third-order valence-corrected chi connectivity index (χ3v) is 5.13. The number of nitrogens with zero attached hydrogens (tertiary/aromatic N) is 1. The fourth-order valence-electron chi connectivity index (χ4n) is 3.77. The van der Waals surface area contributed by atoms with E-state index in [-0.39, 0.29) is 24.4 Å². The number of halogens is 1. The van der Waals surface area contributed by atoms with Crippen molar-refractivity contribution in [2.75, 3.05) is 34.4 Å². The minimum atomic E-state index is -0.100. The molecule has 0 aliphatic carbocycles. The SMILES string of the molecule is CNCCCC(=O)N1CCc2cc(OC)c(OC)cc2C1c1ccccc1.Cl. The zero-order chi connectivity index (χ0) is 19.2. The van der Waals surface area contributed by atoms with Crippen LogP contribution >= 0.6 is 12.4 Å². The van der Waals surface area contributed by atoms with Crippen LogP contribution in [-0.2, 0) is 11.2 Å². The molecular formula is C22H29ClN2O3. The predicted octanol–water partition coefficient (Wildman–Crippen LogP) is 3.60. The van der Waals surface area contributed by atoms with Crippen molar-refractivity contribution in [2.45, 2.75) is 25.3 Å². The molecule has 1 unspecified atom stereocenters. The maximum atomic E-state index is 13.0. The van der Waals surface area contributed by atoms with Gasteiger partial charge in [0, 0.05) is 13.0 Å². The maximum absolute atomic E-state index is 13.0. The van der Waals surface area contributed by atoms with Crippen molar-refractivity contribution in [1.29, 1.82) is 0 Å². The molecule has 0 fully saturated rings. The minimum absolute atomic E-state index is 0. The normalized spacial score (nSPS) is 15.4. The summed E-state index contributed by atoms with van der Waals surface area (Å²) in [6, 6.07) is 14.2. The number of fused-ring (bicyclic) bond motifs is 1. The fourth-order valence-corrected chi connectivity index (χ4v) is 3.77. The summed E-state index contributed by atoms with van der Waals surface area (Å²) in [6.07, 6.45) is 2.20. The van der Waals surface area contributed by atoms with Gasteiger partial charge in [0.25, 0.3) is 0 Å². The molecule has 1 heterocycles. The Morgan fingerprint density at radius 3 is 2.46 bits per heavy atom.